The van der Waals surface area contributed by atoms with E-state index < -0.39 is 0 Å². The molecule has 0 radical (unpaired) electrons. The second-order valence-electron chi connectivity index (χ2n) is 4.45. The summed E-state index contributed by atoms with van der Waals surface area (Å²) in [6.45, 7) is 3.99. The standard InChI is InChI=1S/C15H14Cl2N4/c1-3-12-13(8-18)15(21-20-14(12)4-2)19-11-6-9(16)5-10(17)7-11/h5-7H,3-4H2,1-2H3,(H,19,21). The largest absolute Gasteiger partial charge is 0.338 e. The number of nitrogens with zero attached hydrogens (tertiary/aromatic N) is 3. The fourth-order valence-electron chi connectivity index (χ4n) is 2.14. The number of aromatic nitrogens is 2. The van der Waals surface area contributed by atoms with E-state index >= 15 is 0 Å². The first kappa shape index (κ1) is 15.6. The van der Waals surface area contributed by atoms with Gasteiger partial charge >= 0.3 is 0 Å². The van der Waals surface area contributed by atoms with Crippen LogP contribution in [0, 0.1) is 11.3 Å². The maximum absolute atomic E-state index is 9.43. The molecule has 1 aromatic heterocycles. The Morgan fingerprint density at radius 1 is 1.10 bits per heavy atom. The Morgan fingerprint density at radius 3 is 2.29 bits per heavy atom. The van der Waals surface area contributed by atoms with Crippen molar-refractivity contribution in [2.45, 2.75) is 26.7 Å². The second-order valence-corrected chi connectivity index (χ2v) is 5.32. The quantitative estimate of drug-likeness (QED) is 0.899. The number of benzene rings is 1. The van der Waals surface area contributed by atoms with Crippen LogP contribution >= 0.6 is 23.2 Å². The van der Waals surface area contributed by atoms with Crippen LogP contribution in [0.1, 0.15) is 30.7 Å². The van der Waals surface area contributed by atoms with Crippen molar-refractivity contribution in [2.24, 2.45) is 0 Å². The molecule has 6 heteroatoms. The van der Waals surface area contributed by atoms with Crippen LogP contribution in [-0.4, -0.2) is 10.2 Å². The number of rotatable bonds is 4. The molecule has 4 nitrogen and oxygen atoms in total. The minimum atomic E-state index is 0.421. The molecule has 0 aliphatic rings. The van der Waals surface area contributed by atoms with Crippen molar-refractivity contribution in [3.8, 4) is 6.07 Å². The topological polar surface area (TPSA) is 61.6 Å². The predicted molar refractivity (Wildman–Crippen MR) is 85.2 cm³/mol. The van der Waals surface area contributed by atoms with E-state index in [0.29, 0.717) is 27.1 Å². The van der Waals surface area contributed by atoms with Gasteiger partial charge in [-0.25, -0.2) is 0 Å². The van der Waals surface area contributed by atoms with Crippen LogP contribution in [0.2, 0.25) is 10.0 Å². The van der Waals surface area contributed by atoms with E-state index in [0.717, 1.165) is 24.1 Å². The number of halogens is 2. The molecule has 0 saturated heterocycles. The molecular weight excluding hydrogens is 307 g/mol. The van der Waals surface area contributed by atoms with Gasteiger partial charge in [0.2, 0.25) is 0 Å². The summed E-state index contributed by atoms with van der Waals surface area (Å²) in [5.41, 5.74) is 2.96. The van der Waals surface area contributed by atoms with Crippen molar-refractivity contribution in [3.05, 3.63) is 45.1 Å². The normalized spacial score (nSPS) is 10.2. The summed E-state index contributed by atoms with van der Waals surface area (Å²) in [5.74, 6) is 0.421. The summed E-state index contributed by atoms with van der Waals surface area (Å²) in [6, 6.07) is 7.29. The molecule has 0 saturated carbocycles. The average Bonchev–Trinajstić information content (AvgIpc) is 2.45. The minimum Gasteiger partial charge on any atom is -0.338 e. The van der Waals surface area contributed by atoms with Gasteiger partial charge in [-0.1, -0.05) is 37.0 Å². The highest BCUT2D eigenvalue weighted by molar-refractivity contribution is 6.35. The lowest BCUT2D eigenvalue weighted by atomic mass is 10.0. The van der Waals surface area contributed by atoms with Crippen molar-refractivity contribution in [1.29, 1.82) is 5.26 Å². The molecule has 21 heavy (non-hydrogen) atoms. The van der Waals surface area contributed by atoms with Crippen LogP contribution in [0.25, 0.3) is 0 Å². The fraction of sp³-hybridized carbons (Fsp3) is 0.267. The SMILES string of the molecule is CCc1nnc(Nc2cc(Cl)cc(Cl)c2)c(C#N)c1CC. The van der Waals surface area contributed by atoms with E-state index in [1.54, 1.807) is 18.2 Å². The third kappa shape index (κ3) is 3.44. The first-order valence-electron chi connectivity index (χ1n) is 6.60. The van der Waals surface area contributed by atoms with Gasteiger partial charge in [-0.3, -0.25) is 0 Å². The van der Waals surface area contributed by atoms with E-state index in [1.165, 1.54) is 0 Å². The van der Waals surface area contributed by atoms with Crippen molar-refractivity contribution in [2.75, 3.05) is 5.32 Å². The van der Waals surface area contributed by atoms with Crippen molar-refractivity contribution < 1.29 is 0 Å². The minimum absolute atomic E-state index is 0.421. The summed E-state index contributed by atoms with van der Waals surface area (Å²) >= 11 is 11.9. The summed E-state index contributed by atoms with van der Waals surface area (Å²) in [6.07, 6.45) is 1.47. The molecule has 1 N–H and O–H groups in total. The van der Waals surface area contributed by atoms with Crippen molar-refractivity contribution >= 4 is 34.7 Å². The third-order valence-electron chi connectivity index (χ3n) is 3.08. The predicted octanol–water partition coefficient (Wildman–Crippen LogP) is 4.52. The van der Waals surface area contributed by atoms with E-state index in [2.05, 4.69) is 21.6 Å². The second kappa shape index (κ2) is 6.75. The zero-order valence-corrected chi connectivity index (χ0v) is 13.3. The number of anilines is 2. The van der Waals surface area contributed by atoms with Crippen LogP contribution in [-0.2, 0) is 12.8 Å². The molecule has 0 atom stereocenters. The highest BCUT2D eigenvalue weighted by Gasteiger charge is 2.14. The molecule has 0 amide bonds. The van der Waals surface area contributed by atoms with Crippen LogP contribution < -0.4 is 5.32 Å². The molecule has 0 aliphatic carbocycles. The Labute approximate surface area is 133 Å². The van der Waals surface area contributed by atoms with E-state index in [1.807, 2.05) is 13.8 Å². The zero-order valence-electron chi connectivity index (χ0n) is 11.7. The average molecular weight is 321 g/mol. The summed E-state index contributed by atoms with van der Waals surface area (Å²) in [5, 5.41) is 21.8. The van der Waals surface area contributed by atoms with E-state index in [4.69, 9.17) is 23.2 Å². The first-order valence-corrected chi connectivity index (χ1v) is 7.36. The lowest BCUT2D eigenvalue weighted by Gasteiger charge is -2.12. The first-order chi connectivity index (χ1) is 10.1. The van der Waals surface area contributed by atoms with Gasteiger partial charge in [0.15, 0.2) is 5.82 Å². The molecule has 0 spiro atoms. The Morgan fingerprint density at radius 2 is 1.76 bits per heavy atom. The molecule has 108 valence electrons. The molecule has 2 rings (SSSR count). The molecule has 1 heterocycles. The zero-order chi connectivity index (χ0) is 15.4. The van der Waals surface area contributed by atoms with Gasteiger partial charge in [0.1, 0.15) is 11.6 Å². The Kier molecular flexibility index (Phi) is 5.00. The number of aryl methyl sites for hydroxylation is 1. The molecule has 2 aromatic rings. The molecule has 0 bridgehead atoms. The Hall–Kier alpha value is -1.83. The number of nitriles is 1. The molecule has 0 fully saturated rings. The maximum Gasteiger partial charge on any atom is 0.171 e. The summed E-state index contributed by atoms with van der Waals surface area (Å²) in [4.78, 5) is 0. The smallest absolute Gasteiger partial charge is 0.171 e. The van der Waals surface area contributed by atoms with Crippen LogP contribution in [0.4, 0.5) is 11.5 Å². The lowest BCUT2D eigenvalue weighted by Crippen LogP contribution is -2.07. The Balaban J connectivity index is 2.47. The van der Waals surface area contributed by atoms with Gasteiger partial charge in [0, 0.05) is 15.7 Å². The van der Waals surface area contributed by atoms with Gasteiger partial charge in [-0.15, -0.1) is 5.10 Å². The van der Waals surface area contributed by atoms with Crippen LogP contribution in [0.5, 0.6) is 0 Å². The number of hydrogen-bond acceptors (Lipinski definition) is 4. The molecular formula is C15H14Cl2N4. The highest BCUT2D eigenvalue weighted by Crippen LogP contribution is 2.27. The maximum atomic E-state index is 9.43. The highest BCUT2D eigenvalue weighted by atomic mass is 35.5. The Bertz CT molecular complexity index is 687. The molecule has 1 aromatic carbocycles. The number of hydrogen-bond donors (Lipinski definition) is 1. The van der Waals surface area contributed by atoms with Crippen molar-refractivity contribution in [3.63, 3.8) is 0 Å². The monoisotopic (exact) mass is 320 g/mol. The molecule has 0 aliphatic heterocycles. The third-order valence-corrected chi connectivity index (χ3v) is 3.52. The summed E-state index contributed by atoms with van der Waals surface area (Å²) < 4.78 is 0. The van der Waals surface area contributed by atoms with E-state index in [9.17, 15) is 5.26 Å². The van der Waals surface area contributed by atoms with Gasteiger partial charge in [0.25, 0.3) is 0 Å². The van der Waals surface area contributed by atoms with Crippen LogP contribution in [0.3, 0.4) is 0 Å². The van der Waals surface area contributed by atoms with Gasteiger partial charge in [-0.2, -0.15) is 10.4 Å². The van der Waals surface area contributed by atoms with E-state index in [-0.39, 0.29) is 0 Å². The number of nitrogens with one attached hydrogen (secondary N) is 1. The van der Waals surface area contributed by atoms with Gasteiger partial charge in [0.05, 0.1) is 5.69 Å². The lowest BCUT2D eigenvalue weighted by molar-refractivity contribution is 0.877. The fourth-order valence-corrected chi connectivity index (χ4v) is 2.67. The summed E-state index contributed by atoms with van der Waals surface area (Å²) in [7, 11) is 0. The van der Waals surface area contributed by atoms with Crippen molar-refractivity contribution in [1.82, 2.24) is 10.2 Å². The van der Waals surface area contributed by atoms with Gasteiger partial charge in [-0.05, 0) is 36.6 Å². The molecule has 0 unspecified atom stereocenters. The van der Waals surface area contributed by atoms with Gasteiger partial charge < -0.3 is 5.32 Å². The van der Waals surface area contributed by atoms with Crippen LogP contribution in [0.15, 0.2) is 18.2 Å².